The smallest absolute Gasteiger partial charge is 0.0364 e. The highest BCUT2D eigenvalue weighted by Crippen LogP contribution is 2.51. The van der Waals surface area contributed by atoms with Gasteiger partial charge in [0.2, 0.25) is 0 Å². The Morgan fingerprint density at radius 1 is 0.812 bits per heavy atom. The Balaban J connectivity index is 1.56. The molecule has 3 saturated carbocycles. The van der Waals surface area contributed by atoms with Crippen LogP contribution >= 0.6 is 11.6 Å². The van der Waals surface area contributed by atoms with Gasteiger partial charge in [0.15, 0.2) is 0 Å². The van der Waals surface area contributed by atoms with Gasteiger partial charge in [0.05, 0.1) is 0 Å². The van der Waals surface area contributed by atoms with Crippen LogP contribution in [0.1, 0.15) is 64.2 Å². The van der Waals surface area contributed by atoms with Gasteiger partial charge in [-0.15, -0.1) is 11.6 Å². The van der Waals surface area contributed by atoms with Crippen molar-refractivity contribution in [2.45, 2.75) is 69.6 Å². The van der Waals surface area contributed by atoms with E-state index in [1.807, 2.05) is 0 Å². The molecule has 0 nitrogen and oxygen atoms in total. The van der Waals surface area contributed by atoms with Gasteiger partial charge in [-0.25, -0.2) is 0 Å². The normalized spacial score (nSPS) is 48.2. The van der Waals surface area contributed by atoms with Crippen LogP contribution in [0, 0.1) is 23.7 Å². The Morgan fingerprint density at radius 2 is 1.69 bits per heavy atom. The first kappa shape index (κ1) is 11.4. The second-order valence-electron chi connectivity index (χ2n) is 6.58. The van der Waals surface area contributed by atoms with Crippen LogP contribution in [-0.4, -0.2) is 5.38 Å². The minimum absolute atomic E-state index is 0.502. The van der Waals surface area contributed by atoms with Crippen molar-refractivity contribution in [1.82, 2.24) is 0 Å². The number of halogens is 1. The molecular weight excluding hydrogens is 216 g/mol. The SMILES string of the molecule is ClC1CCCCCC1CC1CC2CCC1C2. The zero-order chi connectivity index (χ0) is 11.0. The maximum Gasteiger partial charge on any atom is 0.0364 e. The van der Waals surface area contributed by atoms with Gasteiger partial charge in [0.1, 0.15) is 0 Å². The van der Waals surface area contributed by atoms with Crippen molar-refractivity contribution in [2.75, 3.05) is 0 Å². The largest absolute Gasteiger partial charge is 0.123 e. The first-order chi connectivity index (χ1) is 7.83. The Hall–Kier alpha value is 0.290. The van der Waals surface area contributed by atoms with Crippen LogP contribution in [0.3, 0.4) is 0 Å². The molecule has 3 aliphatic carbocycles. The lowest BCUT2D eigenvalue weighted by atomic mass is 9.80. The zero-order valence-electron chi connectivity index (χ0n) is 10.3. The third kappa shape index (κ3) is 2.28. The summed E-state index contributed by atoms with van der Waals surface area (Å²) >= 11 is 6.57. The first-order valence-corrected chi connectivity index (χ1v) is 7.90. The number of rotatable bonds is 2. The summed E-state index contributed by atoms with van der Waals surface area (Å²) in [6.45, 7) is 0. The summed E-state index contributed by atoms with van der Waals surface area (Å²) in [5, 5.41) is 0.502. The van der Waals surface area contributed by atoms with E-state index in [9.17, 15) is 0 Å². The van der Waals surface area contributed by atoms with Crippen LogP contribution < -0.4 is 0 Å². The molecular formula is C15H25Cl. The number of hydrogen-bond donors (Lipinski definition) is 0. The molecule has 0 heterocycles. The van der Waals surface area contributed by atoms with Crippen LogP contribution in [-0.2, 0) is 0 Å². The molecule has 3 aliphatic rings. The molecule has 3 fully saturated rings. The maximum absolute atomic E-state index is 6.57. The predicted molar refractivity (Wildman–Crippen MR) is 69.8 cm³/mol. The molecule has 0 amide bonds. The van der Waals surface area contributed by atoms with Crippen LogP contribution in [0.2, 0.25) is 0 Å². The van der Waals surface area contributed by atoms with Gasteiger partial charge in [-0.05, 0) is 62.2 Å². The molecule has 0 aliphatic heterocycles. The van der Waals surface area contributed by atoms with Crippen LogP contribution in [0.15, 0.2) is 0 Å². The standard InChI is InChI=1S/C15H25Cl/c16-15-5-3-1-2-4-13(15)10-14-9-11-6-7-12(14)8-11/h11-15H,1-10H2. The Bertz CT molecular complexity index is 238. The van der Waals surface area contributed by atoms with Gasteiger partial charge < -0.3 is 0 Å². The van der Waals surface area contributed by atoms with E-state index in [4.69, 9.17) is 11.6 Å². The molecule has 92 valence electrons. The molecule has 5 atom stereocenters. The van der Waals surface area contributed by atoms with Gasteiger partial charge in [0, 0.05) is 5.38 Å². The van der Waals surface area contributed by atoms with Gasteiger partial charge in [-0.2, -0.15) is 0 Å². The monoisotopic (exact) mass is 240 g/mol. The zero-order valence-corrected chi connectivity index (χ0v) is 11.1. The Morgan fingerprint density at radius 3 is 2.44 bits per heavy atom. The summed E-state index contributed by atoms with van der Waals surface area (Å²) in [5.41, 5.74) is 0. The Labute approximate surface area is 105 Å². The summed E-state index contributed by atoms with van der Waals surface area (Å²) in [7, 11) is 0. The molecule has 0 aromatic heterocycles. The van der Waals surface area contributed by atoms with Crippen molar-refractivity contribution in [3.05, 3.63) is 0 Å². The lowest BCUT2D eigenvalue weighted by Crippen LogP contribution is -2.20. The molecule has 1 heteroatoms. The molecule has 0 aromatic rings. The average Bonchev–Trinajstić information content (AvgIpc) is 2.83. The van der Waals surface area contributed by atoms with Crippen LogP contribution in [0.5, 0.6) is 0 Å². The topological polar surface area (TPSA) is 0 Å². The van der Waals surface area contributed by atoms with E-state index in [-0.39, 0.29) is 0 Å². The van der Waals surface area contributed by atoms with Gasteiger partial charge >= 0.3 is 0 Å². The highest BCUT2D eigenvalue weighted by Gasteiger charge is 2.40. The van der Waals surface area contributed by atoms with Crippen molar-refractivity contribution >= 4 is 11.6 Å². The van der Waals surface area contributed by atoms with Crippen molar-refractivity contribution < 1.29 is 0 Å². The fourth-order valence-electron chi connectivity index (χ4n) is 4.66. The minimum atomic E-state index is 0.502. The molecule has 5 unspecified atom stereocenters. The van der Waals surface area contributed by atoms with Crippen LogP contribution in [0.4, 0.5) is 0 Å². The van der Waals surface area contributed by atoms with E-state index < -0.39 is 0 Å². The molecule has 0 saturated heterocycles. The van der Waals surface area contributed by atoms with E-state index in [2.05, 4.69) is 0 Å². The third-order valence-electron chi connectivity index (χ3n) is 5.56. The summed E-state index contributed by atoms with van der Waals surface area (Å²) in [6, 6.07) is 0. The highest BCUT2D eigenvalue weighted by molar-refractivity contribution is 6.20. The van der Waals surface area contributed by atoms with Gasteiger partial charge in [0.25, 0.3) is 0 Å². The molecule has 3 rings (SSSR count). The molecule has 0 radical (unpaired) electrons. The van der Waals surface area contributed by atoms with E-state index in [0.717, 1.165) is 23.7 Å². The number of hydrogen-bond acceptors (Lipinski definition) is 0. The molecule has 0 aromatic carbocycles. The summed E-state index contributed by atoms with van der Waals surface area (Å²) in [5.74, 6) is 4.11. The lowest BCUT2D eigenvalue weighted by molar-refractivity contribution is 0.256. The molecule has 0 spiro atoms. The predicted octanol–water partition coefficient (Wildman–Crippen LogP) is 5.00. The summed E-state index contributed by atoms with van der Waals surface area (Å²) in [4.78, 5) is 0. The lowest BCUT2D eigenvalue weighted by Gasteiger charge is -2.28. The van der Waals surface area contributed by atoms with E-state index >= 15 is 0 Å². The van der Waals surface area contributed by atoms with Crippen LogP contribution in [0.25, 0.3) is 0 Å². The molecule has 16 heavy (non-hydrogen) atoms. The van der Waals surface area contributed by atoms with E-state index in [1.54, 1.807) is 12.8 Å². The highest BCUT2D eigenvalue weighted by atomic mass is 35.5. The molecule has 0 N–H and O–H groups in total. The van der Waals surface area contributed by atoms with E-state index in [1.165, 1.54) is 51.4 Å². The van der Waals surface area contributed by atoms with Crippen molar-refractivity contribution in [3.63, 3.8) is 0 Å². The van der Waals surface area contributed by atoms with Gasteiger partial charge in [-0.3, -0.25) is 0 Å². The second-order valence-corrected chi connectivity index (χ2v) is 7.15. The fraction of sp³-hybridized carbons (Fsp3) is 1.00. The quantitative estimate of drug-likeness (QED) is 0.471. The van der Waals surface area contributed by atoms with Gasteiger partial charge in [-0.1, -0.05) is 25.7 Å². The number of alkyl halides is 1. The van der Waals surface area contributed by atoms with Crippen molar-refractivity contribution in [2.24, 2.45) is 23.7 Å². The second kappa shape index (κ2) is 4.88. The molecule has 2 bridgehead atoms. The van der Waals surface area contributed by atoms with E-state index in [0.29, 0.717) is 5.38 Å². The Kier molecular flexibility index (Phi) is 3.47. The summed E-state index contributed by atoms with van der Waals surface area (Å²) < 4.78 is 0. The maximum atomic E-state index is 6.57. The number of fused-ring (bicyclic) bond motifs is 2. The minimum Gasteiger partial charge on any atom is -0.123 e. The van der Waals surface area contributed by atoms with Crippen molar-refractivity contribution in [3.8, 4) is 0 Å². The fourth-order valence-corrected chi connectivity index (χ4v) is 5.04. The van der Waals surface area contributed by atoms with Crippen molar-refractivity contribution in [1.29, 1.82) is 0 Å². The average molecular weight is 241 g/mol. The summed E-state index contributed by atoms with van der Waals surface area (Å²) in [6.07, 6.45) is 14.6. The first-order valence-electron chi connectivity index (χ1n) is 7.47. The third-order valence-corrected chi connectivity index (χ3v) is 6.13.